The van der Waals surface area contributed by atoms with Crippen LogP contribution in [0.15, 0.2) is 18.2 Å². The maximum absolute atomic E-state index is 10.6. The minimum absolute atomic E-state index is 0.110. The van der Waals surface area contributed by atoms with Crippen LogP contribution < -0.4 is 5.32 Å². The van der Waals surface area contributed by atoms with Gasteiger partial charge in [-0.3, -0.25) is 10.1 Å². The number of non-ortho nitro benzene ring substituents is 1. The Balaban J connectivity index is 2.46. The highest BCUT2D eigenvalue weighted by Gasteiger charge is 2.08. The lowest BCUT2D eigenvalue weighted by Crippen LogP contribution is -2.07. The van der Waals surface area contributed by atoms with Crippen molar-refractivity contribution < 1.29 is 10.0 Å². The summed E-state index contributed by atoms with van der Waals surface area (Å²) in [5.41, 5.74) is 1.02. The fraction of sp³-hybridized carbons (Fsp3) is 0.500. The number of hydrogen-bond donors (Lipinski definition) is 2. The van der Waals surface area contributed by atoms with Gasteiger partial charge in [0.25, 0.3) is 5.69 Å². The van der Waals surface area contributed by atoms with Crippen LogP contribution in [0, 0.1) is 19.6 Å². The van der Waals surface area contributed by atoms with Gasteiger partial charge in [-0.1, -0.05) is 6.92 Å². The molecule has 6 heteroatoms. The van der Waals surface area contributed by atoms with Crippen molar-refractivity contribution in [1.82, 2.24) is 0 Å². The molecule has 0 fully saturated rings. The monoisotopic (exact) mass is 364 g/mol. The van der Waals surface area contributed by atoms with Crippen LogP contribution in [0.2, 0.25) is 0 Å². The lowest BCUT2D eigenvalue weighted by Gasteiger charge is -2.10. The molecule has 1 aromatic rings. The van der Waals surface area contributed by atoms with E-state index in [0.717, 1.165) is 28.6 Å². The molecular formula is C12H17IN2O3. The molecule has 100 valence electrons. The Morgan fingerprint density at radius 3 is 2.83 bits per heavy atom. The Hall–Kier alpha value is -0.890. The van der Waals surface area contributed by atoms with Crippen LogP contribution >= 0.6 is 22.6 Å². The molecule has 0 saturated heterocycles. The first kappa shape index (κ1) is 15.2. The molecule has 0 aliphatic carbocycles. The molecule has 0 radical (unpaired) electrons. The molecule has 1 rings (SSSR count). The number of rotatable bonds is 7. The molecule has 0 aliphatic heterocycles. The van der Waals surface area contributed by atoms with Crippen molar-refractivity contribution in [1.29, 1.82) is 0 Å². The van der Waals surface area contributed by atoms with Crippen molar-refractivity contribution in [3.63, 3.8) is 0 Å². The zero-order valence-corrected chi connectivity index (χ0v) is 12.4. The lowest BCUT2D eigenvalue weighted by atomic mass is 10.1. The number of hydrogen-bond acceptors (Lipinski definition) is 4. The van der Waals surface area contributed by atoms with Gasteiger partial charge in [-0.05, 0) is 47.4 Å². The van der Waals surface area contributed by atoms with E-state index in [1.807, 2.05) is 6.92 Å². The van der Waals surface area contributed by atoms with Gasteiger partial charge >= 0.3 is 0 Å². The third-order valence-corrected chi connectivity index (χ3v) is 3.56. The number of aliphatic hydroxyl groups excluding tert-OH is 1. The summed E-state index contributed by atoms with van der Waals surface area (Å²) in [5, 5.41) is 22.7. The lowest BCUT2D eigenvalue weighted by molar-refractivity contribution is -0.384. The van der Waals surface area contributed by atoms with Gasteiger partial charge in [-0.25, -0.2) is 0 Å². The highest BCUT2D eigenvalue weighted by atomic mass is 127. The molecule has 0 aromatic heterocycles. The van der Waals surface area contributed by atoms with E-state index in [1.165, 1.54) is 6.07 Å². The molecule has 1 unspecified atom stereocenters. The molecule has 2 N–H and O–H groups in total. The van der Waals surface area contributed by atoms with Crippen LogP contribution in [0.1, 0.15) is 19.8 Å². The number of nitro benzene ring substituents is 1. The van der Waals surface area contributed by atoms with Crippen molar-refractivity contribution in [2.24, 2.45) is 5.92 Å². The normalized spacial score (nSPS) is 12.2. The molecular weight excluding hydrogens is 347 g/mol. The zero-order chi connectivity index (χ0) is 13.5. The summed E-state index contributed by atoms with van der Waals surface area (Å²) in [7, 11) is 0. The van der Waals surface area contributed by atoms with E-state index >= 15 is 0 Å². The first-order valence-corrected chi connectivity index (χ1v) is 6.91. The first-order chi connectivity index (χ1) is 8.54. The fourth-order valence-electron chi connectivity index (χ4n) is 1.53. The molecule has 0 amide bonds. The van der Waals surface area contributed by atoms with Crippen molar-refractivity contribution in [2.75, 3.05) is 18.5 Å². The Morgan fingerprint density at radius 2 is 2.28 bits per heavy atom. The number of nitrogens with one attached hydrogen (secondary N) is 1. The Kier molecular flexibility index (Phi) is 6.34. The molecule has 0 aliphatic rings. The van der Waals surface area contributed by atoms with Crippen LogP contribution in [0.25, 0.3) is 0 Å². The second kappa shape index (κ2) is 7.52. The number of nitrogens with zero attached hydrogens (tertiary/aromatic N) is 1. The van der Waals surface area contributed by atoms with Gasteiger partial charge in [0.1, 0.15) is 0 Å². The zero-order valence-electron chi connectivity index (χ0n) is 10.2. The molecule has 0 bridgehead atoms. The van der Waals surface area contributed by atoms with E-state index in [-0.39, 0.29) is 12.3 Å². The topological polar surface area (TPSA) is 75.4 Å². The van der Waals surface area contributed by atoms with E-state index in [2.05, 4.69) is 27.9 Å². The number of aliphatic hydroxyl groups is 1. The predicted octanol–water partition coefficient (Wildman–Crippen LogP) is 3.02. The Labute approximate surface area is 120 Å². The third-order valence-electron chi connectivity index (χ3n) is 2.66. The van der Waals surface area contributed by atoms with Crippen LogP contribution in [0.3, 0.4) is 0 Å². The maximum atomic E-state index is 10.6. The quantitative estimate of drug-likeness (QED) is 0.338. The SMILES string of the molecule is CC(CO)CCCNc1ccc([N+](=O)[O-])cc1I. The molecule has 0 saturated carbocycles. The smallest absolute Gasteiger partial charge is 0.270 e. The summed E-state index contributed by atoms with van der Waals surface area (Å²) < 4.78 is 0.844. The van der Waals surface area contributed by atoms with Crippen molar-refractivity contribution in [3.8, 4) is 0 Å². The number of halogens is 1. The minimum Gasteiger partial charge on any atom is -0.396 e. The molecule has 0 spiro atoms. The molecule has 1 atom stereocenters. The average Bonchev–Trinajstić information content (AvgIpc) is 2.35. The fourth-order valence-corrected chi connectivity index (χ4v) is 2.22. The highest BCUT2D eigenvalue weighted by Crippen LogP contribution is 2.23. The van der Waals surface area contributed by atoms with Crippen LogP contribution in [-0.4, -0.2) is 23.2 Å². The van der Waals surface area contributed by atoms with E-state index in [0.29, 0.717) is 5.92 Å². The van der Waals surface area contributed by atoms with E-state index in [1.54, 1.807) is 12.1 Å². The van der Waals surface area contributed by atoms with E-state index in [4.69, 9.17) is 5.11 Å². The molecule has 0 heterocycles. The highest BCUT2D eigenvalue weighted by molar-refractivity contribution is 14.1. The summed E-state index contributed by atoms with van der Waals surface area (Å²) >= 11 is 2.08. The number of anilines is 1. The Morgan fingerprint density at radius 1 is 1.56 bits per heavy atom. The molecule has 18 heavy (non-hydrogen) atoms. The number of benzene rings is 1. The third kappa shape index (κ3) is 4.77. The summed E-state index contributed by atoms with van der Waals surface area (Å²) in [6, 6.07) is 4.79. The van der Waals surface area contributed by atoms with Gasteiger partial charge in [-0.2, -0.15) is 0 Å². The van der Waals surface area contributed by atoms with Crippen LogP contribution in [0.5, 0.6) is 0 Å². The van der Waals surface area contributed by atoms with Crippen molar-refractivity contribution in [2.45, 2.75) is 19.8 Å². The standard InChI is InChI=1S/C12H17IN2O3/c1-9(8-16)3-2-6-14-12-5-4-10(15(17)18)7-11(12)13/h4-5,7,9,14,16H,2-3,6,8H2,1H3. The molecule has 1 aromatic carbocycles. The van der Waals surface area contributed by atoms with Crippen molar-refractivity contribution in [3.05, 3.63) is 31.9 Å². The summed E-state index contributed by atoms with van der Waals surface area (Å²) in [6.45, 7) is 3.03. The number of nitro groups is 1. The van der Waals surface area contributed by atoms with Crippen LogP contribution in [0.4, 0.5) is 11.4 Å². The minimum atomic E-state index is -0.394. The van der Waals surface area contributed by atoms with Gasteiger partial charge in [0.2, 0.25) is 0 Å². The summed E-state index contributed by atoms with van der Waals surface area (Å²) in [6.07, 6.45) is 1.93. The predicted molar refractivity (Wildman–Crippen MR) is 79.8 cm³/mol. The second-order valence-electron chi connectivity index (χ2n) is 4.28. The van der Waals surface area contributed by atoms with Gasteiger partial charge in [0, 0.05) is 34.5 Å². The second-order valence-corrected chi connectivity index (χ2v) is 5.44. The summed E-state index contributed by atoms with van der Waals surface area (Å²) in [4.78, 5) is 10.2. The van der Waals surface area contributed by atoms with Gasteiger partial charge < -0.3 is 10.4 Å². The summed E-state index contributed by atoms with van der Waals surface area (Å²) in [5.74, 6) is 0.322. The molecule has 5 nitrogen and oxygen atoms in total. The maximum Gasteiger partial charge on any atom is 0.270 e. The first-order valence-electron chi connectivity index (χ1n) is 5.83. The van der Waals surface area contributed by atoms with Gasteiger partial charge in [-0.15, -0.1) is 0 Å². The largest absolute Gasteiger partial charge is 0.396 e. The van der Waals surface area contributed by atoms with Crippen LogP contribution in [-0.2, 0) is 0 Å². The van der Waals surface area contributed by atoms with E-state index < -0.39 is 4.92 Å². The Bertz CT molecular complexity index is 412. The van der Waals surface area contributed by atoms with Gasteiger partial charge in [0.15, 0.2) is 0 Å². The van der Waals surface area contributed by atoms with Gasteiger partial charge in [0.05, 0.1) is 4.92 Å². The average molecular weight is 364 g/mol. The van der Waals surface area contributed by atoms with E-state index in [9.17, 15) is 10.1 Å². The van der Waals surface area contributed by atoms with Crippen molar-refractivity contribution >= 4 is 34.0 Å².